The van der Waals surface area contributed by atoms with E-state index in [2.05, 4.69) is 5.10 Å². The Kier molecular flexibility index (Phi) is 5.85. The van der Waals surface area contributed by atoms with Gasteiger partial charge in [0.1, 0.15) is 0 Å². The summed E-state index contributed by atoms with van der Waals surface area (Å²) in [4.78, 5) is 28.3. The fourth-order valence-electron chi connectivity index (χ4n) is 2.90. The minimum absolute atomic E-state index is 0.0370. The molecule has 0 aromatic carbocycles. The molecule has 1 aliphatic rings. The smallest absolute Gasteiger partial charge is 0.257 e. The number of primary amides is 1. The third-order valence-corrected chi connectivity index (χ3v) is 6.16. The molecule has 26 heavy (non-hydrogen) atoms. The fourth-order valence-corrected chi connectivity index (χ4v) is 4.43. The van der Waals surface area contributed by atoms with Gasteiger partial charge in [0.25, 0.3) is 5.91 Å². The molecule has 0 saturated carbocycles. The molecular weight excluding hydrogens is 368 g/mol. The predicted octanol–water partition coefficient (Wildman–Crippen LogP) is 2.68. The van der Waals surface area contributed by atoms with Gasteiger partial charge < -0.3 is 5.73 Å². The Morgan fingerprint density at radius 2 is 2.00 bits per heavy atom. The monoisotopic (exact) mass is 390 g/mol. The quantitative estimate of drug-likeness (QED) is 0.789. The fraction of sp³-hybridized carbons (Fsp3) is 0.389. The van der Waals surface area contributed by atoms with Crippen molar-refractivity contribution in [1.82, 2.24) is 9.91 Å². The van der Waals surface area contributed by atoms with Gasteiger partial charge in [0.05, 0.1) is 29.7 Å². The normalized spacial score (nSPS) is 17.2. The zero-order valence-electron chi connectivity index (χ0n) is 14.8. The molecule has 2 aromatic rings. The number of hydrogen-bond donors (Lipinski definition) is 1. The number of nitrogens with two attached hydrogens (primary N) is 1. The summed E-state index contributed by atoms with van der Waals surface area (Å²) in [5, 5.41) is 10.2. The van der Waals surface area contributed by atoms with Crippen molar-refractivity contribution in [2.45, 2.75) is 32.4 Å². The SMILES string of the molecule is CC(C)N(CC(N)=O)CC(=O)N1N=C(c2cccs2)C[C@H]1c1cccs1. The molecule has 0 radical (unpaired) electrons. The number of hydrazone groups is 1. The Labute approximate surface area is 160 Å². The van der Waals surface area contributed by atoms with E-state index in [9.17, 15) is 9.59 Å². The number of rotatable bonds is 7. The maximum atomic E-state index is 13.0. The van der Waals surface area contributed by atoms with Crippen LogP contribution in [0.25, 0.3) is 0 Å². The van der Waals surface area contributed by atoms with Crippen molar-refractivity contribution in [3.8, 4) is 0 Å². The van der Waals surface area contributed by atoms with Crippen LogP contribution in [0.4, 0.5) is 0 Å². The molecule has 138 valence electrons. The van der Waals surface area contributed by atoms with Crippen LogP contribution in [0.5, 0.6) is 0 Å². The number of thiophene rings is 2. The van der Waals surface area contributed by atoms with Gasteiger partial charge in [-0.3, -0.25) is 14.5 Å². The van der Waals surface area contributed by atoms with Gasteiger partial charge in [0.15, 0.2) is 0 Å². The first-order chi connectivity index (χ1) is 12.5. The van der Waals surface area contributed by atoms with E-state index in [1.165, 1.54) is 0 Å². The average molecular weight is 391 g/mol. The molecule has 0 bridgehead atoms. The van der Waals surface area contributed by atoms with E-state index in [1.54, 1.807) is 32.6 Å². The third-order valence-electron chi connectivity index (χ3n) is 4.27. The Balaban J connectivity index is 1.83. The number of carbonyl (C=O) groups is 2. The van der Waals surface area contributed by atoms with Gasteiger partial charge in [0.2, 0.25) is 5.91 Å². The van der Waals surface area contributed by atoms with Crippen molar-refractivity contribution in [1.29, 1.82) is 0 Å². The zero-order chi connectivity index (χ0) is 18.7. The van der Waals surface area contributed by atoms with Gasteiger partial charge in [-0.1, -0.05) is 12.1 Å². The summed E-state index contributed by atoms with van der Waals surface area (Å²) in [5.41, 5.74) is 6.25. The van der Waals surface area contributed by atoms with Crippen LogP contribution < -0.4 is 5.73 Å². The maximum Gasteiger partial charge on any atom is 0.257 e. The van der Waals surface area contributed by atoms with E-state index in [0.29, 0.717) is 6.42 Å². The lowest BCUT2D eigenvalue weighted by Gasteiger charge is -2.27. The molecule has 0 unspecified atom stereocenters. The van der Waals surface area contributed by atoms with Crippen molar-refractivity contribution in [2.24, 2.45) is 10.8 Å². The lowest BCUT2D eigenvalue weighted by Crippen LogP contribution is -2.45. The molecule has 2 aromatic heterocycles. The van der Waals surface area contributed by atoms with Crippen molar-refractivity contribution >= 4 is 40.2 Å². The summed E-state index contributed by atoms with van der Waals surface area (Å²) >= 11 is 3.25. The van der Waals surface area contributed by atoms with Crippen molar-refractivity contribution in [3.05, 3.63) is 44.8 Å². The Hall–Kier alpha value is -2.03. The standard InChI is InChI=1S/C18H22N4O2S2/c1-12(2)21(10-17(19)23)11-18(24)22-14(16-6-4-8-26-16)9-13(20-22)15-5-3-7-25-15/h3-8,12,14H,9-11H2,1-2H3,(H2,19,23)/t14-/m0/s1. The van der Waals surface area contributed by atoms with E-state index in [0.717, 1.165) is 15.5 Å². The minimum Gasteiger partial charge on any atom is -0.369 e. The summed E-state index contributed by atoms with van der Waals surface area (Å²) in [6.07, 6.45) is 0.699. The highest BCUT2D eigenvalue weighted by molar-refractivity contribution is 7.12. The molecule has 0 aliphatic carbocycles. The van der Waals surface area contributed by atoms with Crippen LogP contribution in [0.15, 0.2) is 40.1 Å². The van der Waals surface area contributed by atoms with Crippen molar-refractivity contribution in [2.75, 3.05) is 13.1 Å². The number of nitrogens with zero attached hydrogens (tertiary/aromatic N) is 3. The van der Waals surface area contributed by atoms with Crippen LogP contribution in [0.1, 0.15) is 36.1 Å². The van der Waals surface area contributed by atoms with Gasteiger partial charge in [-0.15, -0.1) is 22.7 Å². The molecule has 3 heterocycles. The number of hydrogen-bond acceptors (Lipinski definition) is 6. The summed E-state index contributed by atoms with van der Waals surface area (Å²) in [7, 11) is 0. The summed E-state index contributed by atoms with van der Waals surface area (Å²) < 4.78 is 0. The Bertz CT molecular complexity index is 784. The first kappa shape index (κ1) is 18.8. The van der Waals surface area contributed by atoms with Crippen LogP contribution in [-0.2, 0) is 9.59 Å². The van der Waals surface area contributed by atoms with Gasteiger partial charge in [-0.25, -0.2) is 5.01 Å². The highest BCUT2D eigenvalue weighted by atomic mass is 32.1. The second-order valence-corrected chi connectivity index (χ2v) is 8.39. The molecule has 8 heteroatoms. The molecule has 1 atom stereocenters. The lowest BCUT2D eigenvalue weighted by atomic mass is 10.1. The van der Waals surface area contributed by atoms with Crippen LogP contribution in [0.3, 0.4) is 0 Å². The molecule has 3 rings (SSSR count). The summed E-state index contributed by atoms with van der Waals surface area (Å²) in [5.74, 6) is -0.560. The molecular formula is C18H22N4O2S2. The van der Waals surface area contributed by atoms with Crippen LogP contribution in [0.2, 0.25) is 0 Å². The van der Waals surface area contributed by atoms with Gasteiger partial charge in [0, 0.05) is 17.3 Å². The minimum atomic E-state index is -0.439. The topological polar surface area (TPSA) is 79.0 Å². The maximum absolute atomic E-state index is 13.0. The van der Waals surface area contributed by atoms with E-state index < -0.39 is 5.91 Å². The van der Waals surface area contributed by atoms with Crippen LogP contribution in [-0.4, -0.2) is 46.6 Å². The molecule has 0 spiro atoms. The third kappa shape index (κ3) is 4.20. The van der Waals surface area contributed by atoms with E-state index in [4.69, 9.17) is 5.73 Å². The second-order valence-electron chi connectivity index (χ2n) is 6.46. The van der Waals surface area contributed by atoms with E-state index in [1.807, 2.05) is 48.9 Å². The summed E-state index contributed by atoms with van der Waals surface area (Å²) in [6, 6.07) is 7.97. The molecule has 2 N–H and O–H groups in total. The lowest BCUT2D eigenvalue weighted by molar-refractivity contribution is -0.135. The molecule has 0 fully saturated rings. The second kappa shape index (κ2) is 8.11. The highest BCUT2D eigenvalue weighted by Gasteiger charge is 2.34. The molecule has 6 nitrogen and oxygen atoms in total. The average Bonchev–Trinajstić information content (AvgIpc) is 3.32. The van der Waals surface area contributed by atoms with Gasteiger partial charge >= 0.3 is 0 Å². The Morgan fingerprint density at radius 1 is 1.27 bits per heavy atom. The summed E-state index contributed by atoms with van der Waals surface area (Å²) in [6.45, 7) is 4.06. The van der Waals surface area contributed by atoms with Crippen LogP contribution in [0, 0.1) is 0 Å². The molecule has 2 amide bonds. The van der Waals surface area contributed by atoms with Crippen LogP contribution >= 0.6 is 22.7 Å². The highest BCUT2D eigenvalue weighted by Crippen LogP contribution is 2.36. The van der Waals surface area contributed by atoms with Gasteiger partial charge in [-0.2, -0.15) is 5.10 Å². The van der Waals surface area contributed by atoms with E-state index >= 15 is 0 Å². The largest absolute Gasteiger partial charge is 0.369 e. The first-order valence-corrected chi connectivity index (χ1v) is 10.2. The molecule has 0 saturated heterocycles. The van der Waals surface area contributed by atoms with Crippen molar-refractivity contribution < 1.29 is 9.59 Å². The van der Waals surface area contributed by atoms with E-state index in [-0.39, 0.29) is 31.1 Å². The van der Waals surface area contributed by atoms with Crippen molar-refractivity contribution in [3.63, 3.8) is 0 Å². The number of carbonyl (C=O) groups excluding carboxylic acids is 2. The zero-order valence-corrected chi connectivity index (χ0v) is 16.4. The predicted molar refractivity (Wildman–Crippen MR) is 105 cm³/mol. The number of amides is 2. The molecule has 1 aliphatic heterocycles. The van der Waals surface area contributed by atoms with Gasteiger partial charge in [-0.05, 0) is 36.7 Å². The Morgan fingerprint density at radius 3 is 2.58 bits per heavy atom. The first-order valence-electron chi connectivity index (χ1n) is 8.45.